The van der Waals surface area contributed by atoms with E-state index in [1.54, 1.807) is 0 Å². The third-order valence-electron chi connectivity index (χ3n) is 3.00. The fourth-order valence-corrected chi connectivity index (χ4v) is 1.78. The quantitative estimate of drug-likeness (QED) is 0.791. The Kier molecular flexibility index (Phi) is 4.96. The van der Waals surface area contributed by atoms with Gasteiger partial charge in [0.1, 0.15) is 0 Å². The van der Waals surface area contributed by atoms with Gasteiger partial charge in [-0.15, -0.1) is 0 Å². The summed E-state index contributed by atoms with van der Waals surface area (Å²) in [6.07, 6.45) is 2.09. The summed E-state index contributed by atoms with van der Waals surface area (Å²) in [6.45, 7) is 9.62. The van der Waals surface area contributed by atoms with E-state index < -0.39 is 0 Å². The molecule has 0 aliphatic rings. The summed E-state index contributed by atoms with van der Waals surface area (Å²) in [7, 11) is 4.11. The van der Waals surface area contributed by atoms with E-state index in [1.807, 2.05) is 11.7 Å². The van der Waals surface area contributed by atoms with E-state index in [0.29, 0.717) is 6.04 Å². The van der Waals surface area contributed by atoms with Gasteiger partial charge >= 0.3 is 0 Å². The molecule has 0 fully saturated rings. The number of hydrogen-bond donors (Lipinski definition) is 1. The second-order valence-corrected chi connectivity index (χ2v) is 4.42. The molecule has 0 aliphatic carbocycles. The molecule has 0 saturated carbocycles. The maximum absolute atomic E-state index is 4.36. The van der Waals surface area contributed by atoms with Gasteiger partial charge in [0, 0.05) is 37.9 Å². The summed E-state index contributed by atoms with van der Waals surface area (Å²) in [5.74, 6) is 0. The van der Waals surface area contributed by atoms with Crippen LogP contribution in [0.5, 0.6) is 0 Å². The molecule has 1 aromatic heterocycles. The van der Waals surface area contributed by atoms with Crippen molar-refractivity contribution in [3.63, 3.8) is 0 Å². The van der Waals surface area contributed by atoms with Crippen LogP contribution in [0.15, 0.2) is 6.20 Å². The lowest BCUT2D eigenvalue weighted by atomic mass is 10.1. The summed E-state index contributed by atoms with van der Waals surface area (Å²) >= 11 is 0. The Balaban J connectivity index is 2.40. The third-order valence-corrected chi connectivity index (χ3v) is 3.00. The Morgan fingerprint density at radius 2 is 2.25 bits per heavy atom. The van der Waals surface area contributed by atoms with E-state index in [4.69, 9.17) is 0 Å². The van der Waals surface area contributed by atoms with Crippen LogP contribution in [0.25, 0.3) is 0 Å². The summed E-state index contributed by atoms with van der Waals surface area (Å²) < 4.78 is 1.88. The summed E-state index contributed by atoms with van der Waals surface area (Å²) in [4.78, 5) is 2.30. The van der Waals surface area contributed by atoms with Crippen molar-refractivity contribution >= 4 is 0 Å². The van der Waals surface area contributed by atoms with Crippen molar-refractivity contribution in [2.24, 2.45) is 7.05 Å². The molecule has 1 aromatic rings. The van der Waals surface area contributed by atoms with Crippen molar-refractivity contribution in [2.75, 3.05) is 26.7 Å². The van der Waals surface area contributed by atoms with Gasteiger partial charge in [0.15, 0.2) is 0 Å². The molecule has 1 atom stereocenters. The van der Waals surface area contributed by atoms with Crippen molar-refractivity contribution in [2.45, 2.75) is 26.8 Å². The van der Waals surface area contributed by atoms with Crippen molar-refractivity contribution in [1.29, 1.82) is 0 Å². The van der Waals surface area contributed by atoms with E-state index in [2.05, 4.69) is 49.3 Å². The predicted octanol–water partition coefficient (Wildman–Crippen LogP) is 1.33. The number of rotatable bonds is 6. The van der Waals surface area contributed by atoms with Gasteiger partial charge in [0.05, 0.1) is 5.69 Å². The molecule has 0 spiro atoms. The number of nitrogens with zero attached hydrogens (tertiary/aromatic N) is 3. The standard InChI is InChI=1S/C12H24N4/c1-6-15(4)8-7-13-10(2)12-9-16(5)14-11(12)3/h9-10,13H,6-8H2,1-5H3. The SMILES string of the molecule is CCN(C)CCNC(C)c1cn(C)nc1C. The lowest BCUT2D eigenvalue weighted by molar-refractivity contribution is 0.342. The van der Waals surface area contributed by atoms with Crippen molar-refractivity contribution in [3.8, 4) is 0 Å². The Bertz CT molecular complexity index is 319. The number of hydrogen-bond acceptors (Lipinski definition) is 3. The van der Waals surface area contributed by atoms with Crippen LogP contribution in [-0.4, -0.2) is 41.4 Å². The molecule has 0 radical (unpaired) electrons. The minimum Gasteiger partial charge on any atom is -0.309 e. The van der Waals surface area contributed by atoms with Crippen molar-refractivity contribution < 1.29 is 0 Å². The molecular weight excluding hydrogens is 200 g/mol. The average Bonchev–Trinajstić information content (AvgIpc) is 2.57. The molecule has 0 saturated heterocycles. The Morgan fingerprint density at radius 1 is 1.56 bits per heavy atom. The van der Waals surface area contributed by atoms with Gasteiger partial charge in [-0.3, -0.25) is 4.68 Å². The highest BCUT2D eigenvalue weighted by Gasteiger charge is 2.10. The molecule has 4 heteroatoms. The zero-order valence-electron chi connectivity index (χ0n) is 11.1. The van der Waals surface area contributed by atoms with Crippen LogP contribution in [0, 0.1) is 6.92 Å². The molecule has 0 amide bonds. The number of nitrogens with one attached hydrogen (secondary N) is 1. The zero-order valence-corrected chi connectivity index (χ0v) is 11.1. The van der Waals surface area contributed by atoms with Crippen LogP contribution in [0.3, 0.4) is 0 Å². The van der Waals surface area contributed by atoms with E-state index in [1.165, 1.54) is 5.56 Å². The monoisotopic (exact) mass is 224 g/mol. The van der Waals surface area contributed by atoms with Crippen LogP contribution in [0.1, 0.15) is 31.1 Å². The van der Waals surface area contributed by atoms with Gasteiger partial charge in [-0.1, -0.05) is 6.92 Å². The third kappa shape index (κ3) is 3.61. The average molecular weight is 224 g/mol. The molecule has 0 bridgehead atoms. The lowest BCUT2D eigenvalue weighted by Gasteiger charge is -2.17. The zero-order chi connectivity index (χ0) is 12.1. The molecule has 0 aliphatic heterocycles. The molecule has 1 unspecified atom stereocenters. The minimum atomic E-state index is 0.374. The predicted molar refractivity (Wildman–Crippen MR) is 67.5 cm³/mol. The van der Waals surface area contributed by atoms with Gasteiger partial charge in [-0.05, 0) is 27.4 Å². The van der Waals surface area contributed by atoms with Crippen LogP contribution in [-0.2, 0) is 7.05 Å². The highest BCUT2D eigenvalue weighted by atomic mass is 15.3. The van der Waals surface area contributed by atoms with E-state index >= 15 is 0 Å². The Labute approximate surface area is 98.6 Å². The van der Waals surface area contributed by atoms with E-state index in [-0.39, 0.29) is 0 Å². The highest BCUT2D eigenvalue weighted by Crippen LogP contribution is 2.14. The van der Waals surface area contributed by atoms with Gasteiger partial charge in [-0.25, -0.2) is 0 Å². The van der Waals surface area contributed by atoms with Gasteiger partial charge in [-0.2, -0.15) is 5.10 Å². The number of likely N-dealkylation sites (N-methyl/N-ethyl adjacent to an activating group) is 1. The first kappa shape index (κ1) is 13.2. The summed E-state index contributed by atoms with van der Waals surface area (Å²) in [6, 6.07) is 0.374. The second-order valence-electron chi connectivity index (χ2n) is 4.42. The molecule has 0 aromatic carbocycles. The van der Waals surface area contributed by atoms with Crippen LogP contribution in [0.4, 0.5) is 0 Å². The number of aryl methyl sites for hydroxylation is 2. The number of aromatic nitrogens is 2. The summed E-state index contributed by atoms with van der Waals surface area (Å²) in [5.41, 5.74) is 2.41. The van der Waals surface area contributed by atoms with Crippen molar-refractivity contribution in [1.82, 2.24) is 20.0 Å². The first-order valence-electron chi connectivity index (χ1n) is 5.96. The molecule has 1 heterocycles. The van der Waals surface area contributed by atoms with Crippen LogP contribution in [0.2, 0.25) is 0 Å². The van der Waals surface area contributed by atoms with Crippen LogP contribution < -0.4 is 5.32 Å². The molecule has 4 nitrogen and oxygen atoms in total. The first-order valence-corrected chi connectivity index (χ1v) is 5.96. The van der Waals surface area contributed by atoms with Crippen LogP contribution >= 0.6 is 0 Å². The fraction of sp³-hybridized carbons (Fsp3) is 0.750. The minimum absolute atomic E-state index is 0.374. The molecule has 1 N–H and O–H groups in total. The van der Waals surface area contributed by atoms with Crippen molar-refractivity contribution in [3.05, 3.63) is 17.5 Å². The molecular formula is C12H24N4. The van der Waals surface area contributed by atoms with E-state index in [0.717, 1.165) is 25.3 Å². The maximum atomic E-state index is 4.36. The van der Waals surface area contributed by atoms with Gasteiger partial charge < -0.3 is 10.2 Å². The lowest BCUT2D eigenvalue weighted by Crippen LogP contribution is -2.30. The Morgan fingerprint density at radius 3 is 2.75 bits per heavy atom. The normalized spacial score (nSPS) is 13.4. The maximum Gasteiger partial charge on any atom is 0.0641 e. The smallest absolute Gasteiger partial charge is 0.0641 e. The topological polar surface area (TPSA) is 33.1 Å². The second kappa shape index (κ2) is 6.01. The highest BCUT2D eigenvalue weighted by molar-refractivity contribution is 5.19. The largest absolute Gasteiger partial charge is 0.309 e. The summed E-state index contributed by atoms with van der Waals surface area (Å²) in [5, 5.41) is 7.88. The first-order chi connectivity index (χ1) is 7.54. The fourth-order valence-electron chi connectivity index (χ4n) is 1.78. The Hall–Kier alpha value is -0.870. The molecule has 92 valence electrons. The van der Waals surface area contributed by atoms with Gasteiger partial charge in [0.25, 0.3) is 0 Å². The van der Waals surface area contributed by atoms with E-state index in [9.17, 15) is 0 Å². The molecule has 16 heavy (non-hydrogen) atoms. The molecule has 1 rings (SSSR count). The van der Waals surface area contributed by atoms with Gasteiger partial charge in [0.2, 0.25) is 0 Å².